The van der Waals surface area contributed by atoms with E-state index in [0.717, 1.165) is 0 Å². The van der Waals surface area contributed by atoms with Crippen LogP contribution in [0.15, 0.2) is 4.34 Å². The fourth-order valence-electron chi connectivity index (χ4n) is 1.23. The van der Waals surface area contributed by atoms with Gasteiger partial charge < -0.3 is 15.5 Å². The second kappa shape index (κ2) is 8.63. The zero-order valence-electron chi connectivity index (χ0n) is 11.2. The van der Waals surface area contributed by atoms with E-state index in [4.69, 9.17) is 15.4 Å². The lowest BCUT2D eigenvalue weighted by atomic mass is 10.0. The standard InChI is InChI=1S/C11H15N5O2S2/c1-7(13)8(5-12)9(17)6-19-11-16-15-10(20-11)14-3-4-18-2/h8,13H,3-4,6H2,1-2H3,(H,14,15). The summed E-state index contributed by atoms with van der Waals surface area (Å²) >= 11 is 2.56. The van der Waals surface area contributed by atoms with E-state index in [2.05, 4.69) is 15.5 Å². The molecule has 0 amide bonds. The Morgan fingerprint density at radius 3 is 3.00 bits per heavy atom. The van der Waals surface area contributed by atoms with Gasteiger partial charge in [-0.25, -0.2) is 0 Å². The van der Waals surface area contributed by atoms with Gasteiger partial charge in [0.05, 0.1) is 18.4 Å². The molecule has 0 aliphatic heterocycles. The normalized spacial score (nSPS) is 11.7. The van der Waals surface area contributed by atoms with E-state index in [1.54, 1.807) is 7.11 Å². The number of carbonyl (C=O) groups excluding carboxylic acids is 1. The van der Waals surface area contributed by atoms with E-state index in [0.29, 0.717) is 22.6 Å². The largest absolute Gasteiger partial charge is 0.383 e. The lowest BCUT2D eigenvalue weighted by Gasteiger charge is -2.04. The highest BCUT2D eigenvalue weighted by Crippen LogP contribution is 2.25. The molecule has 7 nitrogen and oxygen atoms in total. The van der Waals surface area contributed by atoms with E-state index < -0.39 is 5.92 Å². The van der Waals surface area contributed by atoms with Crippen molar-refractivity contribution in [2.24, 2.45) is 5.92 Å². The molecule has 1 unspecified atom stereocenters. The Balaban J connectivity index is 2.44. The molecule has 1 aromatic rings. The van der Waals surface area contributed by atoms with Gasteiger partial charge in [-0.2, -0.15) is 5.26 Å². The highest BCUT2D eigenvalue weighted by molar-refractivity contribution is 8.01. The molecule has 0 fully saturated rings. The van der Waals surface area contributed by atoms with Crippen LogP contribution < -0.4 is 5.32 Å². The maximum Gasteiger partial charge on any atom is 0.206 e. The Labute approximate surface area is 125 Å². The van der Waals surface area contributed by atoms with Gasteiger partial charge in [-0.05, 0) is 6.92 Å². The first kappa shape index (κ1) is 16.6. The predicted molar refractivity (Wildman–Crippen MR) is 78.5 cm³/mol. The van der Waals surface area contributed by atoms with Gasteiger partial charge in [0.1, 0.15) is 5.92 Å². The van der Waals surface area contributed by atoms with Crippen LogP contribution in [0.25, 0.3) is 0 Å². The van der Waals surface area contributed by atoms with E-state index in [-0.39, 0.29) is 17.2 Å². The molecule has 0 aliphatic rings. The van der Waals surface area contributed by atoms with E-state index in [9.17, 15) is 4.79 Å². The highest BCUT2D eigenvalue weighted by atomic mass is 32.2. The predicted octanol–water partition coefficient (Wildman–Crippen LogP) is 1.44. The average molecular weight is 313 g/mol. The topological polar surface area (TPSA) is 112 Å². The summed E-state index contributed by atoms with van der Waals surface area (Å²) in [4.78, 5) is 11.7. The molecule has 0 aromatic carbocycles. The molecule has 0 aliphatic carbocycles. The number of anilines is 1. The molecular formula is C11H15N5O2S2. The first-order valence-electron chi connectivity index (χ1n) is 5.75. The van der Waals surface area contributed by atoms with Crippen LogP contribution in [0.1, 0.15) is 6.92 Å². The lowest BCUT2D eigenvalue weighted by molar-refractivity contribution is -0.117. The molecule has 0 bridgehead atoms. The van der Waals surface area contributed by atoms with Gasteiger partial charge in [0, 0.05) is 19.4 Å². The highest BCUT2D eigenvalue weighted by Gasteiger charge is 2.20. The fourth-order valence-corrected chi connectivity index (χ4v) is 2.91. The number of ether oxygens (including phenoxy) is 1. The number of ketones is 1. The third-order valence-electron chi connectivity index (χ3n) is 2.21. The summed E-state index contributed by atoms with van der Waals surface area (Å²) in [7, 11) is 1.62. The number of methoxy groups -OCH3 is 1. The summed E-state index contributed by atoms with van der Waals surface area (Å²) in [6.07, 6.45) is 0. The summed E-state index contributed by atoms with van der Waals surface area (Å²) < 4.78 is 5.55. The van der Waals surface area contributed by atoms with Gasteiger partial charge in [-0.3, -0.25) is 4.79 Å². The summed E-state index contributed by atoms with van der Waals surface area (Å²) in [5, 5.41) is 27.8. The van der Waals surface area contributed by atoms with Crippen molar-refractivity contribution in [3.63, 3.8) is 0 Å². The van der Waals surface area contributed by atoms with E-state index >= 15 is 0 Å². The maximum atomic E-state index is 11.7. The molecule has 1 rings (SSSR count). The SMILES string of the molecule is COCCNc1nnc(SCC(=O)C(C#N)C(C)=N)s1. The van der Waals surface area contributed by atoms with Crippen molar-refractivity contribution in [3.05, 3.63) is 0 Å². The molecule has 108 valence electrons. The Hall–Kier alpha value is -1.50. The van der Waals surface area contributed by atoms with Gasteiger partial charge in [-0.15, -0.1) is 10.2 Å². The van der Waals surface area contributed by atoms with Crippen molar-refractivity contribution in [3.8, 4) is 6.07 Å². The molecular weight excluding hydrogens is 298 g/mol. The summed E-state index contributed by atoms with van der Waals surface area (Å²) in [5.74, 6) is -1.13. The van der Waals surface area contributed by atoms with Crippen molar-refractivity contribution in [1.82, 2.24) is 10.2 Å². The first-order valence-corrected chi connectivity index (χ1v) is 7.55. The van der Waals surface area contributed by atoms with Crippen LogP contribution in [0.5, 0.6) is 0 Å². The van der Waals surface area contributed by atoms with E-state index in [1.165, 1.54) is 30.0 Å². The van der Waals surface area contributed by atoms with Crippen LogP contribution in [0.3, 0.4) is 0 Å². The fraction of sp³-hybridized carbons (Fsp3) is 0.545. The minimum absolute atomic E-state index is 0.0669. The van der Waals surface area contributed by atoms with Crippen molar-refractivity contribution in [2.45, 2.75) is 11.3 Å². The van der Waals surface area contributed by atoms with Crippen molar-refractivity contribution < 1.29 is 9.53 Å². The van der Waals surface area contributed by atoms with E-state index in [1.807, 2.05) is 6.07 Å². The number of nitrogens with zero attached hydrogens (tertiary/aromatic N) is 3. The van der Waals surface area contributed by atoms with Crippen LogP contribution in [-0.2, 0) is 9.53 Å². The van der Waals surface area contributed by atoms with Gasteiger partial charge in [0.15, 0.2) is 10.1 Å². The van der Waals surface area contributed by atoms with Crippen molar-refractivity contribution in [2.75, 3.05) is 31.3 Å². The third-order valence-corrected chi connectivity index (χ3v) is 4.25. The molecule has 1 atom stereocenters. The van der Waals surface area contributed by atoms with Gasteiger partial charge in [0.2, 0.25) is 5.13 Å². The summed E-state index contributed by atoms with van der Waals surface area (Å²) in [6, 6.07) is 1.83. The zero-order chi connectivity index (χ0) is 15.0. The molecule has 1 aromatic heterocycles. The minimum Gasteiger partial charge on any atom is -0.383 e. The monoisotopic (exact) mass is 313 g/mol. The van der Waals surface area contributed by atoms with Crippen LogP contribution >= 0.6 is 23.1 Å². The van der Waals surface area contributed by atoms with Crippen LogP contribution in [0, 0.1) is 22.7 Å². The molecule has 1 heterocycles. The second-order valence-corrected chi connectivity index (χ2v) is 5.99. The molecule has 0 spiro atoms. The number of aromatic nitrogens is 2. The summed E-state index contributed by atoms with van der Waals surface area (Å²) in [6.45, 7) is 2.67. The van der Waals surface area contributed by atoms with Crippen molar-refractivity contribution >= 4 is 39.7 Å². The second-order valence-electron chi connectivity index (χ2n) is 3.79. The quantitative estimate of drug-likeness (QED) is 0.403. The summed E-state index contributed by atoms with van der Waals surface area (Å²) in [5.41, 5.74) is 0.0669. The molecule has 0 radical (unpaired) electrons. The smallest absolute Gasteiger partial charge is 0.206 e. The maximum absolute atomic E-state index is 11.7. The first-order chi connectivity index (χ1) is 9.58. The van der Waals surface area contributed by atoms with Crippen LogP contribution in [0.2, 0.25) is 0 Å². The number of nitriles is 1. The Morgan fingerprint density at radius 2 is 2.40 bits per heavy atom. The Kier molecular flexibility index (Phi) is 7.14. The van der Waals surface area contributed by atoms with Crippen LogP contribution in [-0.4, -0.2) is 47.7 Å². The molecule has 20 heavy (non-hydrogen) atoms. The number of hydrogen-bond donors (Lipinski definition) is 2. The molecule has 0 saturated heterocycles. The number of carbonyl (C=O) groups is 1. The number of Topliss-reactive ketones (excluding diaryl/α,β-unsaturated/α-hetero) is 1. The minimum atomic E-state index is -0.963. The Morgan fingerprint density at radius 1 is 1.65 bits per heavy atom. The number of hydrogen-bond acceptors (Lipinski definition) is 9. The number of rotatable bonds is 9. The molecule has 0 saturated carbocycles. The zero-order valence-corrected chi connectivity index (χ0v) is 12.8. The number of thioether (sulfide) groups is 1. The van der Waals surface area contributed by atoms with Gasteiger partial charge in [-0.1, -0.05) is 23.1 Å². The van der Waals surface area contributed by atoms with Crippen LogP contribution in [0.4, 0.5) is 5.13 Å². The number of nitrogens with one attached hydrogen (secondary N) is 2. The molecule has 9 heteroatoms. The Bertz CT molecular complexity index is 511. The van der Waals surface area contributed by atoms with Gasteiger partial charge in [0.25, 0.3) is 0 Å². The van der Waals surface area contributed by atoms with Gasteiger partial charge >= 0.3 is 0 Å². The molecule has 2 N–H and O–H groups in total. The lowest BCUT2D eigenvalue weighted by Crippen LogP contribution is -2.21. The average Bonchev–Trinajstić information content (AvgIpc) is 2.85. The third kappa shape index (κ3) is 5.24. The van der Waals surface area contributed by atoms with Crippen molar-refractivity contribution in [1.29, 1.82) is 10.7 Å².